The monoisotopic (exact) mass is 370 g/mol. The first kappa shape index (κ1) is 24.0. The van der Waals surface area contributed by atoms with Crippen LogP contribution in [0.4, 0.5) is 9.59 Å². The summed E-state index contributed by atoms with van der Waals surface area (Å²) >= 11 is 0. The molecule has 26 heavy (non-hydrogen) atoms. The third kappa shape index (κ3) is 18.4. The average molecular weight is 370 g/mol. The minimum atomic E-state index is -1.20. The van der Waals surface area contributed by atoms with Crippen LogP contribution in [-0.2, 0) is 9.47 Å². The van der Waals surface area contributed by atoms with Gasteiger partial charge < -0.3 is 19.7 Å². The molecule has 0 bridgehead atoms. The molecular formula is C20H34O6. The van der Waals surface area contributed by atoms with Gasteiger partial charge >= 0.3 is 12.3 Å². The fourth-order valence-corrected chi connectivity index (χ4v) is 2.62. The molecule has 0 aliphatic heterocycles. The number of rotatable bonds is 17. The van der Waals surface area contributed by atoms with Crippen LogP contribution in [0.2, 0.25) is 0 Å². The van der Waals surface area contributed by atoms with Gasteiger partial charge in [0.25, 0.3) is 0 Å². The van der Waals surface area contributed by atoms with E-state index in [4.69, 9.17) is 10.2 Å². The molecule has 0 heterocycles. The second-order valence-corrected chi connectivity index (χ2v) is 6.34. The quantitative estimate of drug-likeness (QED) is 0.185. The van der Waals surface area contributed by atoms with Crippen molar-refractivity contribution in [3.05, 3.63) is 24.8 Å². The smallest absolute Gasteiger partial charge is 0.450 e. The number of unbranched alkanes of at least 4 members (excludes halogenated alkanes) is 7. The van der Waals surface area contributed by atoms with Crippen LogP contribution < -0.4 is 0 Å². The first-order chi connectivity index (χ1) is 12.6. The van der Waals surface area contributed by atoms with Gasteiger partial charge in [0.15, 0.2) is 0 Å². The van der Waals surface area contributed by atoms with Crippen LogP contribution in [0.3, 0.4) is 0 Å². The van der Waals surface area contributed by atoms with E-state index in [1.54, 1.807) is 0 Å². The lowest BCUT2D eigenvalue weighted by Gasteiger charge is -2.09. The maximum atomic E-state index is 10.2. The molecule has 0 spiro atoms. The van der Waals surface area contributed by atoms with Crippen molar-refractivity contribution >= 4 is 12.3 Å². The minimum absolute atomic E-state index is 0.287. The molecule has 2 N–H and O–H groups in total. The molecule has 1 unspecified atom stereocenters. The summed E-state index contributed by atoms with van der Waals surface area (Å²) in [7, 11) is 0. The highest BCUT2D eigenvalue weighted by atomic mass is 16.7. The molecule has 6 heteroatoms. The number of ether oxygens (including phenoxy) is 2. The van der Waals surface area contributed by atoms with Crippen molar-refractivity contribution in [3.63, 3.8) is 0 Å². The Morgan fingerprint density at radius 2 is 1.35 bits per heavy atom. The molecule has 1 atom stereocenters. The summed E-state index contributed by atoms with van der Waals surface area (Å²) in [6, 6.07) is 0. The zero-order valence-corrected chi connectivity index (χ0v) is 15.7. The standard InChI is InChI=1S/C20H34O6/c1-2-18(15-11-7-9-13-17-26-20(23)24)14-10-6-4-3-5-8-12-16-25-19(21)22/h2,6,10,18H,1,3-5,7-9,11-17H2,(H,21,22)(H,23,24). The molecule has 0 aliphatic rings. The number of hydrogen-bond donors (Lipinski definition) is 2. The highest BCUT2D eigenvalue weighted by Crippen LogP contribution is 2.16. The molecule has 0 aromatic carbocycles. The summed E-state index contributed by atoms with van der Waals surface area (Å²) < 4.78 is 8.93. The maximum Gasteiger partial charge on any atom is 0.505 e. The highest BCUT2D eigenvalue weighted by Gasteiger charge is 2.02. The molecule has 0 radical (unpaired) electrons. The van der Waals surface area contributed by atoms with Crippen molar-refractivity contribution in [2.45, 2.75) is 70.6 Å². The molecule has 0 aliphatic carbocycles. The number of carboxylic acid groups (broad SMARTS) is 2. The van der Waals surface area contributed by atoms with Crippen LogP contribution in [0.1, 0.15) is 70.6 Å². The molecule has 0 rings (SSSR count). The van der Waals surface area contributed by atoms with Crippen LogP contribution >= 0.6 is 0 Å². The van der Waals surface area contributed by atoms with Crippen LogP contribution in [0, 0.1) is 5.92 Å². The fourth-order valence-electron chi connectivity index (χ4n) is 2.62. The van der Waals surface area contributed by atoms with Gasteiger partial charge in [0.2, 0.25) is 0 Å². The Morgan fingerprint density at radius 1 is 0.808 bits per heavy atom. The van der Waals surface area contributed by atoms with E-state index >= 15 is 0 Å². The SMILES string of the molecule is C=CC(CC=CCCCCCCOC(=O)O)CCCCCCOC(=O)O. The third-order valence-electron chi connectivity index (χ3n) is 4.12. The Hall–Kier alpha value is -1.98. The summed E-state index contributed by atoms with van der Waals surface area (Å²) in [4.78, 5) is 20.4. The average Bonchev–Trinajstić information content (AvgIpc) is 2.60. The lowest BCUT2D eigenvalue weighted by atomic mass is 9.97. The van der Waals surface area contributed by atoms with Crippen molar-refractivity contribution in [1.29, 1.82) is 0 Å². The Kier molecular flexibility index (Phi) is 16.5. The second kappa shape index (κ2) is 17.8. The zero-order valence-electron chi connectivity index (χ0n) is 15.7. The van der Waals surface area contributed by atoms with E-state index in [1.807, 2.05) is 6.08 Å². The lowest BCUT2D eigenvalue weighted by Crippen LogP contribution is -2.01. The van der Waals surface area contributed by atoms with E-state index in [0.717, 1.165) is 70.6 Å². The number of allylic oxidation sites excluding steroid dienone is 3. The van der Waals surface area contributed by atoms with Crippen molar-refractivity contribution < 1.29 is 29.3 Å². The fraction of sp³-hybridized carbons (Fsp3) is 0.700. The largest absolute Gasteiger partial charge is 0.505 e. The van der Waals surface area contributed by atoms with Crippen LogP contribution in [-0.4, -0.2) is 35.7 Å². The maximum absolute atomic E-state index is 10.2. The summed E-state index contributed by atoms with van der Waals surface area (Å²) in [5.41, 5.74) is 0. The van der Waals surface area contributed by atoms with Crippen LogP contribution in [0.25, 0.3) is 0 Å². The van der Waals surface area contributed by atoms with E-state index in [1.165, 1.54) is 0 Å². The molecule has 0 aromatic heterocycles. The molecule has 0 saturated heterocycles. The Bertz CT molecular complexity index is 405. The van der Waals surface area contributed by atoms with Gasteiger partial charge in [-0.15, -0.1) is 6.58 Å². The Morgan fingerprint density at radius 3 is 1.88 bits per heavy atom. The first-order valence-corrected chi connectivity index (χ1v) is 9.55. The molecule has 0 amide bonds. The molecular weight excluding hydrogens is 336 g/mol. The lowest BCUT2D eigenvalue weighted by molar-refractivity contribution is 0.0887. The van der Waals surface area contributed by atoms with Gasteiger partial charge in [-0.3, -0.25) is 0 Å². The van der Waals surface area contributed by atoms with Gasteiger partial charge in [-0.25, -0.2) is 9.59 Å². The van der Waals surface area contributed by atoms with Crippen molar-refractivity contribution in [2.75, 3.05) is 13.2 Å². The van der Waals surface area contributed by atoms with Gasteiger partial charge in [0.05, 0.1) is 13.2 Å². The molecule has 6 nitrogen and oxygen atoms in total. The zero-order chi connectivity index (χ0) is 19.5. The molecule has 0 aromatic rings. The van der Waals surface area contributed by atoms with Crippen molar-refractivity contribution in [2.24, 2.45) is 5.92 Å². The first-order valence-electron chi connectivity index (χ1n) is 9.55. The summed E-state index contributed by atoms with van der Waals surface area (Å²) in [5, 5.41) is 16.7. The summed E-state index contributed by atoms with van der Waals surface area (Å²) in [6.45, 7) is 4.48. The Balaban J connectivity index is 3.48. The van der Waals surface area contributed by atoms with E-state index in [9.17, 15) is 9.59 Å². The van der Waals surface area contributed by atoms with E-state index < -0.39 is 12.3 Å². The van der Waals surface area contributed by atoms with Gasteiger partial charge in [-0.2, -0.15) is 0 Å². The highest BCUT2D eigenvalue weighted by molar-refractivity contribution is 5.56. The summed E-state index contributed by atoms with van der Waals surface area (Å²) in [6.07, 6.45) is 15.2. The summed E-state index contributed by atoms with van der Waals surface area (Å²) in [5.74, 6) is 0.495. The van der Waals surface area contributed by atoms with Crippen molar-refractivity contribution in [1.82, 2.24) is 0 Å². The van der Waals surface area contributed by atoms with Gasteiger partial charge in [-0.1, -0.05) is 50.3 Å². The van der Waals surface area contributed by atoms with E-state index in [-0.39, 0.29) is 6.61 Å². The minimum Gasteiger partial charge on any atom is -0.450 e. The predicted octanol–water partition coefficient (Wildman–Crippen LogP) is 6.03. The van der Waals surface area contributed by atoms with E-state index in [2.05, 4.69) is 28.2 Å². The van der Waals surface area contributed by atoms with Crippen LogP contribution in [0.5, 0.6) is 0 Å². The van der Waals surface area contributed by atoms with Gasteiger partial charge in [-0.05, 0) is 44.4 Å². The van der Waals surface area contributed by atoms with Gasteiger partial charge in [0, 0.05) is 0 Å². The van der Waals surface area contributed by atoms with E-state index in [0.29, 0.717) is 12.5 Å². The topological polar surface area (TPSA) is 93.1 Å². The predicted molar refractivity (Wildman–Crippen MR) is 102 cm³/mol. The number of carbonyl (C=O) groups is 2. The molecule has 150 valence electrons. The second-order valence-electron chi connectivity index (χ2n) is 6.34. The molecule has 0 fully saturated rings. The normalized spacial score (nSPS) is 12.0. The van der Waals surface area contributed by atoms with Gasteiger partial charge in [0.1, 0.15) is 0 Å². The molecule has 0 saturated carbocycles. The van der Waals surface area contributed by atoms with Crippen LogP contribution in [0.15, 0.2) is 24.8 Å². The third-order valence-corrected chi connectivity index (χ3v) is 4.12. The Labute approximate surface area is 156 Å². The van der Waals surface area contributed by atoms with Crippen molar-refractivity contribution in [3.8, 4) is 0 Å². The number of hydrogen-bond acceptors (Lipinski definition) is 4.